The van der Waals surface area contributed by atoms with Crippen LogP contribution in [0.3, 0.4) is 0 Å². The van der Waals surface area contributed by atoms with Crippen LogP contribution in [0.25, 0.3) is 61.0 Å². The maximum Gasteiger partial charge on any atom is 2.00 e. The molecule has 0 N–H and O–H groups in total. The normalized spacial score (nSPS) is 12.1. The number of ether oxygens (including phenoxy) is 1. The first-order valence-corrected chi connectivity index (χ1v) is 21.5. The standard InChI is InChI=1S/C58H40F2N4O.Pt/c1-58(2,3)43-27-28-61-57(33-43)64-53-18-10-8-16-50(53)51-26-25-47(36-56(51)64)65-48-32-41(40-23-21-39(22-24-40)38-13-5-4-6-14-38)31-46(35-48)62-37-63(55-20-12-11-19-54(55)62)52-17-9-7-15-49(52)42-29-44(59)34-45(60)30-42;/h4-34H,1-3H3;/q;+2. The number of aromatic nitrogens is 2. The van der Waals surface area contributed by atoms with Crippen LogP contribution < -0.4 is 13.9 Å². The van der Waals surface area contributed by atoms with E-state index in [-0.39, 0.29) is 26.5 Å². The Bertz CT molecular complexity index is 3550. The average Bonchev–Trinajstić information content (AvgIpc) is 3.87. The van der Waals surface area contributed by atoms with Crippen molar-refractivity contribution in [3.8, 4) is 50.7 Å². The van der Waals surface area contributed by atoms with Crippen LogP contribution in [-0.4, -0.2) is 15.6 Å². The summed E-state index contributed by atoms with van der Waals surface area (Å²) < 4.78 is 42.1. The molecule has 0 radical (unpaired) electrons. The molecule has 0 amide bonds. The molecule has 320 valence electrons. The van der Waals surface area contributed by atoms with Crippen molar-refractivity contribution in [1.82, 2.24) is 18.7 Å². The van der Waals surface area contributed by atoms with E-state index in [9.17, 15) is 8.78 Å². The van der Waals surface area contributed by atoms with Crippen molar-refractivity contribution in [2.45, 2.75) is 26.2 Å². The topological polar surface area (TPSA) is 33.1 Å². The van der Waals surface area contributed by atoms with E-state index in [1.807, 2.05) is 100 Å². The predicted octanol–water partition coefficient (Wildman–Crippen LogP) is 15.0. The van der Waals surface area contributed by atoms with E-state index in [1.54, 1.807) is 0 Å². The summed E-state index contributed by atoms with van der Waals surface area (Å²) in [4.78, 5) is 4.86. The summed E-state index contributed by atoms with van der Waals surface area (Å²) >= 11 is 0. The molecule has 10 aromatic rings. The largest absolute Gasteiger partial charge is 2.00 e. The summed E-state index contributed by atoms with van der Waals surface area (Å²) in [6, 6.07) is 69.3. The molecule has 5 nitrogen and oxygen atoms in total. The van der Waals surface area contributed by atoms with Gasteiger partial charge in [0, 0.05) is 47.5 Å². The molecular formula is C58H40F2N4OPt+2. The van der Waals surface area contributed by atoms with Crippen molar-refractivity contribution in [2.24, 2.45) is 0 Å². The maximum atomic E-state index is 14.6. The Hall–Kier alpha value is -7.56. The Morgan fingerprint density at radius 2 is 1.18 bits per heavy atom. The Morgan fingerprint density at radius 1 is 0.545 bits per heavy atom. The number of halogens is 2. The van der Waals surface area contributed by atoms with E-state index in [0.717, 1.165) is 67.3 Å². The van der Waals surface area contributed by atoms with E-state index in [1.165, 1.54) is 17.7 Å². The van der Waals surface area contributed by atoms with E-state index < -0.39 is 11.6 Å². The molecule has 1 aliphatic heterocycles. The van der Waals surface area contributed by atoms with Gasteiger partial charge in [-0.25, -0.2) is 13.8 Å². The van der Waals surface area contributed by atoms with Crippen molar-refractivity contribution >= 4 is 50.6 Å². The number of hydrogen-bond acceptors (Lipinski definition) is 2. The van der Waals surface area contributed by atoms with Crippen molar-refractivity contribution < 1.29 is 34.6 Å². The summed E-state index contributed by atoms with van der Waals surface area (Å²) in [6.07, 6.45) is 1.87. The fourth-order valence-electron chi connectivity index (χ4n) is 8.69. The van der Waals surface area contributed by atoms with Gasteiger partial charge in [0.25, 0.3) is 11.4 Å². The van der Waals surface area contributed by atoms with Gasteiger partial charge in [0.1, 0.15) is 23.1 Å². The molecule has 0 bridgehead atoms. The third-order valence-electron chi connectivity index (χ3n) is 11.9. The minimum atomic E-state index is -0.647. The van der Waals surface area contributed by atoms with E-state index in [2.05, 4.69) is 122 Å². The molecule has 2 aromatic heterocycles. The zero-order valence-electron chi connectivity index (χ0n) is 36.2. The summed E-state index contributed by atoms with van der Waals surface area (Å²) in [5.74, 6) is 0.501. The number of pyridine rings is 1. The SMILES string of the molecule is CC(C)(C)c1ccnc(-n2c3[c-]c(Oc4[c-]c([N+]5=C=[N+](c6ccccc6-c6cc(F)cc(F)c6)c6ccccc65)cc(-c5ccc(-c6ccccc6)cc5)c4)ccc3c3ccccc32)c1.[Pt+2]. The third kappa shape index (κ3) is 7.87. The number of para-hydroxylation sites is 4. The molecule has 0 spiro atoms. The molecule has 3 heterocycles. The van der Waals surface area contributed by atoms with E-state index in [4.69, 9.17) is 9.72 Å². The maximum absolute atomic E-state index is 14.6. The molecule has 0 saturated heterocycles. The van der Waals surface area contributed by atoms with Crippen LogP contribution in [0.2, 0.25) is 0 Å². The zero-order chi connectivity index (χ0) is 44.2. The number of benzene rings is 8. The number of fused-ring (bicyclic) bond motifs is 4. The number of hydrogen-bond donors (Lipinski definition) is 0. The molecule has 0 fully saturated rings. The van der Waals surface area contributed by atoms with Crippen molar-refractivity contribution in [2.75, 3.05) is 0 Å². The Kier molecular flexibility index (Phi) is 11.0. The summed E-state index contributed by atoms with van der Waals surface area (Å²) in [7, 11) is 0. The molecular weight excluding hydrogens is 1000 g/mol. The van der Waals surface area contributed by atoms with Gasteiger partial charge in [0.05, 0.1) is 5.56 Å². The fraction of sp³-hybridized carbons (Fsp3) is 0.0690. The van der Waals surface area contributed by atoms with Gasteiger partial charge in [-0.2, -0.15) is 6.07 Å². The van der Waals surface area contributed by atoms with Crippen molar-refractivity contribution in [3.63, 3.8) is 0 Å². The molecule has 0 saturated carbocycles. The number of rotatable bonds is 8. The molecule has 0 unspecified atom stereocenters. The minimum Gasteiger partial charge on any atom is -0.509 e. The van der Waals surface area contributed by atoms with Crippen LogP contribution in [0.4, 0.5) is 31.5 Å². The van der Waals surface area contributed by atoms with Gasteiger partial charge in [-0.05, 0) is 79.6 Å². The van der Waals surface area contributed by atoms with Crippen LogP contribution in [-0.2, 0) is 26.5 Å². The van der Waals surface area contributed by atoms with Crippen molar-refractivity contribution in [1.29, 1.82) is 0 Å². The van der Waals surface area contributed by atoms with Gasteiger partial charge < -0.3 is 9.30 Å². The van der Waals surface area contributed by atoms with Gasteiger partial charge in [-0.1, -0.05) is 140 Å². The van der Waals surface area contributed by atoms with Gasteiger partial charge in [0.2, 0.25) is 5.69 Å². The van der Waals surface area contributed by atoms with Crippen molar-refractivity contribution in [3.05, 3.63) is 218 Å². The minimum absolute atomic E-state index is 0. The zero-order valence-corrected chi connectivity index (χ0v) is 38.4. The van der Waals surface area contributed by atoms with Gasteiger partial charge in [-0.15, -0.1) is 29.1 Å². The Balaban J connectivity index is 0.00000511. The molecule has 66 heavy (non-hydrogen) atoms. The smallest absolute Gasteiger partial charge is 0.509 e. The van der Waals surface area contributed by atoms with Gasteiger partial charge >= 0.3 is 27.1 Å². The molecule has 0 aliphatic carbocycles. The fourth-order valence-corrected chi connectivity index (χ4v) is 8.69. The molecule has 1 aliphatic rings. The van der Waals surface area contributed by atoms with Crippen LogP contribution in [0.15, 0.2) is 188 Å². The van der Waals surface area contributed by atoms with Crippen LogP contribution in [0.1, 0.15) is 26.3 Å². The first-order chi connectivity index (χ1) is 31.6. The Morgan fingerprint density at radius 3 is 1.92 bits per heavy atom. The Labute approximate surface area is 396 Å². The molecule has 0 atom stereocenters. The van der Waals surface area contributed by atoms with Gasteiger partial charge in [-0.3, -0.25) is 0 Å². The first-order valence-electron chi connectivity index (χ1n) is 21.5. The average molecular weight is 1040 g/mol. The monoisotopic (exact) mass is 1040 g/mol. The van der Waals surface area contributed by atoms with Crippen LogP contribution in [0.5, 0.6) is 11.5 Å². The molecule has 8 aromatic carbocycles. The first kappa shape index (κ1) is 42.4. The number of nitrogens with zero attached hydrogens (tertiary/aromatic N) is 4. The second-order valence-corrected chi connectivity index (χ2v) is 17.2. The van der Waals surface area contributed by atoms with Crippen LogP contribution in [0, 0.1) is 23.8 Å². The van der Waals surface area contributed by atoms with E-state index in [0.29, 0.717) is 34.0 Å². The summed E-state index contributed by atoms with van der Waals surface area (Å²) in [5, 5.41) is 2.13. The molecule has 11 rings (SSSR count). The summed E-state index contributed by atoms with van der Waals surface area (Å²) in [6.45, 7) is 6.61. The van der Waals surface area contributed by atoms with Crippen LogP contribution >= 0.6 is 0 Å². The quantitative estimate of drug-likeness (QED) is 0.112. The second kappa shape index (κ2) is 17.1. The van der Waals surface area contributed by atoms with Gasteiger partial charge in [0.15, 0.2) is 0 Å². The predicted molar refractivity (Wildman–Crippen MR) is 258 cm³/mol. The third-order valence-corrected chi connectivity index (χ3v) is 11.9. The molecule has 8 heteroatoms. The second-order valence-electron chi connectivity index (χ2n) is 17.2. The summed E-state index contributed by atoms with van der Waals surface area (Å²) in [5.41, 5.74) is 11.2. The van der Waals surface area contributed by atoms with E-state index >= 15 is 0 Å².